The van der Waals surface area contributed by atoms with E-state index in [1.165, 1.54) is 0 Å². The number of aliphatic carboxylic acids is 1. The molecule has 0 aliphatic heterocycles. The molecule has 2 aromatic rings. The standard InChI is InChI=1S/C19H19ClO3/c1-3-10-23-18-9-8-16(20)11-15(18)12-17(19(21)22)14-6-4-13(2)5-7-14/h4-9,11-12H,3,10H2,1-2H3,(H,21,22)/b17-12-. The summed E-state index contributed by atoms with van der Waals surface area (Å²) in [7, 11) is 0. The van der Waals surface area contributed by atoms with Gasteiger partial charge in [-0.2, -0.15) is 0 Å². The number of aryl methyl sites for hydroxylation is 1. The number of hydrogen-bond donors (Lipinski definition) is 1. The van der Waals surface area contributed by atoms with Crippen molar-refractivity contribution >= 4 is 29.2 Å². The normalized spacial score (nSPS) is 11.3. The topological polar surface area (TPSA) is 46.5 Å². The molecule has 0 radical (unpaired) electrons. The average Bonchev–Trinajstić information content (AvgIpc) is 2.52. The number of rotatable bonds is 6. The van der Waals surface area contributed by atoms with Gasteiger partial charge in [0.05, 0.1) is 12.2 Å². The van der Waals surface area contributed by atoms with E-state index < -0.39 is 5.97 Å². The molecule has 0 spiro atoms. The van der Waals surface area contributed by atoms with E-state index in [0.29, 0.717) is 28.5 Å². The number of carboxylic acid groups (broad SMARTS) is 1. The molecule has 2 rings (SSSR count). The van der Waals surface area contributed by atoms with Crippen molar-refractivity contribution < 1.29 is 14.6 Å². The number of carbonyl (C=O) groups is 1. The molecule has 4 heteroatoms. The second-order valence-electron chi connectivity index (χ2n) is 5.26. The molecule has 23 heavy (non-hydrogen) atoms. The van der Waals surface area contributed by atoms with Crippen LogP contribution in [0.3, 0.4) is 0 Å². The molecule has 0 saturated carbocycles. The van der Waals surface area contributed by atoms with Crippen LogP contribution in [0.1, 0.15) is 30.0 Å². The summed E-state index contributed by atoms with van der Waals surface area (Å²) < 4.78 is 5.68. The number of hydrogen-bond acceptors (Lipinski definition) is 2. The summed E-state index contributed by atoms with van der Waals surface area (Å²) in [5, 5.41) is 10.1. The molecular formula is C19H19ClO3. The zero-order valence-electron chi connectivity index (χ0n) is 13.2. The van der Waals surface area contributed by atoms with Gasteiger partial charge in [-0.1, -0.05) is 48.4 Å². The summed E-state index contributed by atoms with van der Waals surface area (Å²) in [6, 6.07) is 12.6. The van der Waals surface area contributed by atoms with Crippen molar-refractivity contribution in [2.45, 2.75) is 20.3 Å². The molecule has 0 bridgehead atoms. The molecule has 1 N–H and O–H groups in total. The van der Waals surface area contributed by atoms with Crippen molar-refractivity contribution in [2.75, 3.05) is 6.61 Å². The Balaban J connectivity index is 2.48. The summed E-state index contributed by atoms with van der Waals surface area (Å²) >= 11 is 6.05. The maximum absolute atomic E-state index is 11.7. The van der Waals surface area contributed by atoms with Crippen molar-refractivity contribution in [1.29, 1.82) is 0 Å². The van der Waals surface area contributed by atoms with Crippen LogP contribution < -0.4 is 4.74 Å². The van der Waals surface area contributed by atoms with E-state index in [4.69, 9.17) is 16.3 Å². The molecule has 2 aromatic carbocycles. The molecular weight excluding hydrogens is 312 g/mol. The molecule has 3 nitrogen and oxygen atoms in total. The Kier molecular flexibility index (Phi) is 5.83. The Hall–Kier alpha value is -2.26. The van der Waals surface area contributed by atoms with Crippen molar-refractivity contribution in [3.05, 3.63) is 64.2 Å². The van der Waals surface area contributed by atoms with Gasteiger partial charge in [-0.25, -0.2) is 4.79 Å². The molecule has 0 fully saturated rings. The van der Waals surface area contributed by atoms with Crippen LogP contribution in [-0.2, 0) is 4.79 Å². The van der Waals surface area contributed by atoms with Gasteiger partial charge in [0.25, 0.3) is 0 Å². The number of carboxylic acids is 1. The maximum Gasteiger partial charge on any atom is 0.336 e. The highest BCUT2D eigenvalue weighted by Crippen LogP contribution is 2.28. The third kappa shape index (κ3) is 4.60. The van der Waals surface area contributed by atoms with E-state index in [1.807, 2.05) is 26.0 Å². The van der Waals surface area contributed by atoms with Crippen molar-refractivity contribution in [1.82, 2.24) is 0 Å². The molecule has 0 amide bonds. The Labute approximate surface area is 141 Å². The number of halogens is 1. The minimum atomic E-state index is -0.990. The van der Waals surface area contributed by atoms with Gasteiger partial charge < -0.3 is 9.84 Å². The lowest BCUT2D eigenvalue weighted by atomic mass is 10.0. The number of ether oxygens (including phenoxy) is 1. The Bertz CT molecular complexity index is 718. The van der Waals surface area contributed by atoms with Gasteiger partial charge in [0.15, 0.2) is 0 Å². The lowest BCUT2D eigenvalue weighted by molar-refractivity contribution is -0.130. The molecule has 0 saturated heterocycles. The highest BCUT2D eigenvalue weighted by atomic mass is 35.5. The Morgan fingerprint density at radius 3 is 2.52 bits per heavy atom. The summed E-state index contributed by atoms with van der Waals surface area (Å²) in [6.07, 6.45) is 2.47. The van der Waals surface area contributed by atoms with Crippen molar-refractivity contribution in [3.63, 3.8) is 0 Å². The SMILES string of the molecule is CCCOc1ccc(Cl)cc1/C=C(\C(=O)O)c1ccc(C)cc1. The first-order valence-electron chi connectivity index (χ1n) is 7.45. The lowest BCUT2D eigenvalue weighted by Crippen LogP contribution is -2.01. The van der Waals surface area contributed by atoms with E-state index in [2.05, 4.69) is 0 Å². The predicted octanol–water partition coefficient (Wildman–Crippen LogP) is 5.06. The highest BCUT2D eigenvalue weighted by Gasteiger charge is 2.12. The first kappa shape index (κ1) is 17.1. The minimum absolute atomic E-state index is 0.202. The van der Waals surface area contributed by atoms with E-state index in [9.17, 15) is 9.90 Å². The zero-order valence-corrected chi connectivity index (χ0v) is 13.9. The van der Waals surface area contributed by atoms with Crippen LogP contribution in [0.4, 0.5) is 0 Å². The summed E-state index contributed by atoms with van der Waals surface area (Å²) in [5.41, 5.74) is 2.58. The van der Waals surface area contributed by atoms with Gasteiger partial charge in [-0.15, -0.1) is 0 Å². The van der Waals surface area contributed by atoms with E-state index in [0.717, 1.165) is 12.0 Å². The molecule has 0 unspecified atom stereocenters. The lowest BCUT2D eigenvalue weighted by Gasteiger charge is -2.10. The summed E-state index contributed by atoms with van der Waals surface area (Å²) in [5.74, 6) is -0.364. The fourth-order valence-electron chi connectivity index (χ4n) is 2.13. The van der Waals surface area contributed by atoms with E-state index in [-0.39, 0.29) is 5.57 Å². The zero-order chi connectivity index (χ0) is 16.8. The van der Waals surface area contributed by atoms with Gasteiger partial charge >= 0.3 is 5.97 Å². The Morgan fingerprint density at radius 1 is 1.22 bits per heavy atom. The Morgan fingerprint density at radius 2 is 1.91 bits per heavy atom. The fraction of sp³-hybridized carbons (Fsp3) is 0.211. The van der Waals surface area contributed by atoms with E-state index >= 15 is 0 Å². The molecule has 0 heterocycles. The molecule has 120 valence electrons. The predicted molar refractivity (Wildman–Crippen MR) is 93.9 cm³/mol. The van der Waals surface area contributed by atoms with Gasteiger partial charge in [-0.3, -0.25) is 0 Å². The van der Waals surface area contributed by atoms with Crippen LogP contribution >= 0.6 is 11.6 Å². The smallest absolute Gasteiger partial charge is 0.336 e. The van der Waals surface area contributed by atoms with Crippen LogP contribution in [0.2, 0.25) is 5.02 Å². The second kappa shape index (κ2) is 7.84. The molecule has 0 atom stereocenters. The molecule has 0 aliphatic carbocycles. The second-order valence-corrected chi connectivity index (χ2v) is 5.70. The van der Waals surface area contributed by atoms with Gasteiger partial charge in [0.2, 0.25) is 0 Å². The van der Waals surface area contributed by atoms with Crippen LogP contribution in [0.15, 0.2) is 42.5 Å². The van der Waals surface area contributed by atoms with E-state index in [1.54, 1.807) is 36.4 Å². The van der Waals surface area contributed by atoms with Crippen LogP contribution in [0, 0.1) is 6.92 Å². The molecule has 0 aromatic heterocycles. The van der Waals surface area contributed by atoms with Crippen LogP contribution in [0.25, 0.3) is 11.6 Å². The van der Waals surface area contributed by atoms with Gasteiger partial charge in [-0.05, 0) is 43.2 Å². The maximum atomic E-state index is 11.7. The first-order valence-corrected chi connectivity index (χ1v) is 7.83. The van der Waals surface area contributed by atoms with Crippen molar-refractivity contribution in [3.8, 4) is 5.75 Å². The first-order chi connectivity index (χ1) is 11.0. The fourth-order valence-corrected chi connectivity index (χ4v) is 2.31. The van der Waals surface area contributed by atoms with Gasteiger partial charge in [0.1, 0.15) is 5.75 Å². The average molecular weight is 331 g/mol. The monoisotopic (exact) mass is 330 g/mol. The minimum Gasteiger partial charge on any atom is -0.493 e. The highest BCUT2D eigenvalue weighted by molar-refractivity contribution is 6.31. The third-order valence-corrected chi connectivity index (χ3v) is 3.56. The summed E-state index contributed by atoms with van der Waals surface area (Å²) in [6.45, 7) is 4.54. The van der Waals surface area contributed by atoms with Gasteiger partial charge in [0, 0.05) is 10.6 Å². The van der Waals surface area contributed by atoms with Crippen molar-refractivity contribution in [2.24, 2.45) is 0 Å². The quantitative estimate of drug-likeness (QED) is 0.594. The third-order valence-electron chi connectivity index (χ3n) is 3.33. The molecule has 0 aliphatic rings. The number of benzene rings is 2. The van der Waals surface area contributed by atoms with Crippen LogP contribution in [0.5, 0.6) is 5.75 Å². The van der Waals surface area contributed by atoms with Crippen LogP contribution in [-0.4, -0.2) is 17.7 Å². The largest absolute Gasteiger partial charge is 0.493 e. The summed E-state index contributed by atoms with van der Waals surface area (Å²) in [4.78, 5) is 11.7.